The number of carbonyl (C=O) groups is 1. The minimum atomic E-state index is -0.329. The largest absolute Gasteiger partial charge is 0.369 e. The van der Waals surface area contributed by atoms with Crippen LogP contribution < -0.4 is 15.8 Å². The summed E-state index contributed by atoms with van der Waals surface area (Å²) in [5, 5.41) is 18.3. The highest BCUT2D eigenvalue weighted by atomic mass is 32.1. The molecule has 0 aliphatic carbocycles. The standard InChI is InChI=1S/C22H24N8O2S/c1-14(2)21-17(28-7-5-15(10-28)22-23-6-8-33-22)9-20(32)30(27-21)12-19(31)25-16-3-4-18-26-24-13-29(18)11-16/h3-4,6,8-9,11,13-15H,5,7,10,12H2,1-2H3,(H,25,31). The van der Waals surface area contributed by atoms with Crippen molar-refractivity contribution in [2.24, 2.45) is 0 Å². The first-order valence-corrected chi connectivity index (χ1v) is 11.7. The summed E-state index contributed by atoms with van der Waals surface area (Å²) in [6, 6.07) is 5.11. The van der Waals surface area contributed by atoms with Gasteiger partial charge in [0, 0.05) is 42.8 Å². The lowest BCUT2D eigenvalue weighted by molar-refractivity contribution is -0.117. The fraction of sp³-hybridized carbons (Fsp3) is 0.364. The first-order chi connectivity index (χ1) is 16.0. The van der Waals surface area contributed by atoms with Crippen LogP contribution in [0.1, 0.15) is 42.8 Å². The van der Waals surface area contributed by atoms with Crippen LogP contribution in [-0.2, 0) is 11.3 Å². The van der Waals surface area contributed by atoms with Gasteiger partial charge in [-0.25, -0.2) is 9.67 Å². The van der Waals surface area contributed by atoms with Crippen LogP contribution in [0.2, 0.25) is 0 Å². The van der Waals surface area contributed by atoms with Crippen LogP contribution >= 0.6 is 11.3 Å². The molecule has 0 aromatic carbocycles. The molecule has 1 amide bonds. The third kappa shape index (κ3) is 4.36. The van der Waals surface area contributed by atoms with E-state index < -0.39 is 0 Å². The highest BCUT2D eigenvalue weighted by Gasteiger charge is 2.29. The number of nitrogens with zero attached hydrogens (tertiary/aromatic N) is 7. The van der Waals surface area contributed by atoms with Crippen LogP contribution in [0.3, 0.4) is 0 Å². The molecule has 4 aromatic heterocycles. The van der Waals surface area contributed by atoms with Crippen molar-refractivity contribution in [3.8, 4) is 0 Å². The maximum Gasteiger partial charge on any atom is 0.269 e. The zero-order valence-electron chi connectivity index (χ0n) is 18.4. The third-order valence-corrected chi connectivity index (χ3v) is 6.69. The summed E-state index contributed by atoms with van der Waals surface area (Å²) in [7, 11) is 0. The minimum Gasteiger partial charge on any atom is -0.369 e. The first-order valence-electron chi connectivity index (χ1n) is 10.8. The molecule has 0 saturated carbocycles. The molecule has 1 N–H and O–H groups in total. The Morgan fingerprint density at radius 1 is 1.33 bits per heavy atom. The first kappa shape index (κ1) is 21.3. The topological polar surface area (TPSA) is 110 Å². The van der Waals surface area contributed by atoms with E-state index in [-0.39, 0.29) is 23.9 Å². The number of hydrogen-bond donors (Lipinski definition) is 1. The average molecular weight is 465 g/mol. The second-order valence-corrected chi connectivity index (χ2v) is 9.36. The van der Waals surface area contributed by atoms with Crippen molar-refractivity contribution in [1.29, 1.82) is 0 Å². The summed E-state index contributed by atoms with van der Waals surface area (Å²) in [5.41, 5.74) is 2.64. The van der Waals surface area contributed by atoms with Gasteiger partial charge >= 0.3 is 0 Å². The Kier molecular flexibility index (Phi) is 5.63. The van der Waals surface area contributed by atoms with Gasteiger partial charge in [-0.2, -0.15) is 5.10 Å². The van der Waals surface area contributed by atoms with E-state index in [9.17, 15) is 9.59 Å². The van der Waals surface area contributed by atoms with Gasteiger partial charge in [0.15, 0.2) is 5.65 Å². The second-order valence-electron chi connectivity index (χ2n) is 8.43. The zero-order valence-corrected chi connectivity index (χ0v) is 19.2. The lowest BCUT2D eigenvalue weighted by Crippen LogP contribution is -2.33. The molecule has 4 aromatic rings. The van der Waals surface area contributed by atoms with Gasteiger partial charge in [-0.1, -0.05) is 13.8 Å². The van der Waals surface area contributed by atoms with Crippen LogP contribution in [0.25, 0.3) is 5.65 Å². The predicted molar refractivity (Wildman–Crippen MR) is 126 cm³/mol. The van der Waals surface area contributed by atoms with Gasteiger partial charge < -0.3 is 10.2 Å². The van der Waals surface area contributed by atoms with Crippen molar-refractivity contribution in [3.63, 3.8) is 0 Å². The molecule has 33 heavy (non-hydrogen) atoms. The van der Waals surface area contributed by atoms with E-state index in [1.807, 2.05) is 25.4 Å². The maximum atomic E-state index is 12.9. The van der Waals surface area contributed by atoms with Crippen molar-refractivity contribution in [2.45, 2.75) is 38.6 Å². The molecule has 11 heteroatoms. The molecule has 1 aliphatic rings. The molecule has 5 heterocycles. The average Bonchev–Trinajstić information content (AvgIpc) is 3.55. The number of hydrogen-bond acceptors (Lipinski definition) is 8. The van der Waals surface area contributed by atoms with Gasteiger partial charge in [0.1, 0.15) is 12.9 Å². The highest BCUT2D eigenvalue weighted by molar-refractivity contribution is 7.09. The summed E-state index contributed by atoms with van der Waals surface area (Å²) < 4.78 is 2.95. The number of fused-ring (bicyclic) bond motifs is 1. The molecule has 5 rings (SSSR count). The molecule has 1 atom stereocenters. The number of pyridine rings is 1. The van der Waals surface area contributed by atoms with Crippen molar-refractivity contribution in [2.75, 3.05) is 23.3 Å². The monoisotopic (exact) mass is 464 g/mol. The molecule has 0 radical (unpaired) electrons. The molecule has 1 saturated heterocycles. The number of thiazole rings is 1. The van der Waals surface area contributed by atoms with Crippen LogP contribution in [0, 0.1) is 0 Å². The smallest absolute Gasteiger partial charge is 0.269 e. The second kappa shape index (κ2) is 8.74. The molecular weight excluding hydrogens is 440 g/mol. The molecule has 1 fully saturated rings. The lowest BCUT2D eigenvalue weighted by atomic mass is 10.1. The van der Waals surface area contributed by atoms with Crippen LogP contribution in [0.15, 0.2) is 47.1 Å². The van der Waals surface area contributed by atoms with Crippen molar-refractivity contribution >= 4 is 34.3 Å². The Morgan fingerprint density at radius 2 is 2.21 bits per heavy atom. The Labute approximate surface area is 193 Å². The molecule has 170 valence electrons. The van der Waals surface area contributed by atoms with E-state index in [4.69, 9.17) is 0 Å². The minimum absolute atomic E-state index is 0.102. The number of anilines is 2. The molecule has 10 nitrogen and oxygen atoms in total. The number of aromatic nitrogens is 6. The third-order valence-electron chi connectivity index (χ3n) is 5.75. The summed E-state index contributed by atoms with van der Waals surface area (Å²) in [6.07, 6.45) is 6.11. The van der Waals surface area contributed by atoms with Gasteiger partial charge in [-0.3, -0.25) is 14.0 Å². The van der Waals surface area contributed by atoms with Gasteiger partial charge in [-0.15, -0.1) is 21.5 Å². The van der Waals surface area contributed by atoms with Crippen LogP contribution in [-0.4, -0.2) is 48.4 Å². The van der Waals surface area contributed by atoms with Crippen molar-refractivity contribution in [1.82, 2.24) is 29.4 Å². The zero-order chi connectivity index (χ0) is 22.9. The van der Waals surface area contributed by atoms with Crippen LogP contribution in [0.5, 0.6) is 0 Å². The molecule has 0 spiro atoms. The van der Waals surface area contributed by atoms with Crippen molar-refractivity contribution in [3.05, 3.63) is 63.4 Å². The maximum absolute atomic E-state index is 12.9. The van der Waals surface area contributed by atoms with Crippen molar-refractivity contribution < 1.29 is 4.79 Å². The molecule has 1 unspecified atom stereocenters. The number of nitrogens with one attached hydrogen (secondary N) is 1. The Bertz CT molecular complexity index is 1340. The fourth-order valence-corrected chi connectivity index (χ4v) is 4.90. The summed E-state index contributed by atoms with van der Waals surface area (Å²) in [4.78, 5) is 32.2. The summed E-state index contributed by atoms with van der Waals surface area (Å²) in [6.45, 7) is 5.58. The number of amides is 1. The van der Waals surface area contributed by atoms with E-state index in [1.165, 1.54) is 4.68 Å². The molecule has 0 bridgehead atoms. The van der Waals surface area contributed by atoms with E-state index >= 15 is 0 Å². The van der Waals surface area contributed by atoms with Gasteiger partial charge in [-0.05, 0) is 24.5 Å². The lowest BCUT2D eigenvalue weighted by Gasteiger charge is -2.23. The highest BCUT2D eigenvalue weighted by Crippen LogP contribution is 2.34. The van der Waals surface area contributed by atoms with E-state index in [0.29, 0.717) is 17.3 Å². The van der Waals surface area contributed by atoms with E-state index in [0.717, 1.165) is 35.9 Å². The van der Waals surface area contributed by atoms with Gasteiger partial charge in [0.05, 0.1) is 22.1 Å². The Hall–Kier alpha value is -3.60. The molecular formula is C22H24N8O2S. The fourth-order valence-electron chi connectivity index (χ4n) is 4.13. The summed E-state index contributed by atoms with van der Waals surface area (Å²) in [5.74, 6) is 0.135. The molecule has 1 aliphatic heterocycles. The predicted octanol–water partition coefficient (Wildman–Crippen LogP) is 2.50. The Morgan fingerprint density at radius 3 is 3.00 bits per heavy atom. The number of carbonyl (C=O) groups excluding carboxylic acids is 1. The Balaban J connectivity index is 1.34. The van der Waals surface area contributed by atoms with E-state index in [1.54, 1.807) is 46.5 Å². The van der Waals surface area contributed by atoms with Crippen LogP contribution in [0.4, 0.5) is 11.4 Å². The quantitative estimate of drug-likeness (QED) is 0.467. The van der Waals surface area contributed by atoms with Gasteiger partial charge in [0.25, 0.3) is 5.56 Å². The summed E-state index contributed by atoms with van der Waals surface area (Å²) >= 11 is 1.67. The van der Waals surface area contributed by atoms with Gasteiger partial charge in [0.2, 0.25) is 5.91 Å². The normalized spacial score (nSPS) is 16.1. The number of rotatable bonds is 6. The SMILES string of the molecule is CC(C)c1nn(CC(=O)Nc2ccc3nncn3c2)c(=O)cc1N1CCC(c2nccs2)C1. The van der Waals surface area contributed by atoms with E-state index in [2.05, 4.69) is 30.5 Å².